The zero-order valence-electron chi connectivity index (χ0n) is 15.7. The van der Waals surface area contributed by atoms with Gasteiger partial charge in [0.25, 0.3) is 11.8 Å². The van der Waals surface area contributed by atoms with E-state index in [0.717, 1.165) is 10.5 Å². The topological polar surface area (TPSA) is 49.4 Å². The lowest BCUT2D eigenvalue weighted by molar-refractivity contribution is -0.120. The van der Waals surface area contributed by atoms with Crippen LogP contribution in [-0.2, 0) is 9.59 Å². The van der Waals surface area contributed by atoms with E-state index in [0.29, 0.717) is 21.3 Å². The molecular formula is C23H15Cl2FN2O2. The first-order valence-corrected chi connectivity index (χ1v) is 9.78. The quantitative estimate of drug-likeness (QED) is 0.518. The fourth-order valence-corrected chi connectivity index (χ4v) is 3.52. The van der Waals surface area contributed by atoms with E-state index < -0.39 is 17.6 Å². The average molecular weight is 441 g/mol. The molecule has 0 aliphatic carbocycles. The van der Waals surface area contributed by atoms with Crippen LogP contribution in [0.1, 0.15) is 11.1 Å². The van der Waals surface area contributed by atoms with Crippen LogP contribution in [0, 0.1) is 12.7 Å². The molecule has 0 fully saturated rings. The van der Waals surface area contributed by atoms with E-state index in [9.17, 15) is 14.0 Å². The monoisotopic (exact) mass is 440 g/mol. The van der Waals surface area contributed by atoms with Crippen LogP contribution in [0.15, 0.2) is 72.4 Å². The van der Waals surface area contributed by atoms with E-state index in [1.54, 1.807) is 36.4 Å². The molecule has 3 aromatic carbocycles. The molecule has 0 spiro atoms. The van der Waals surface area contributed by atoms with Crippen LogP contribution < -0.4 is 10.2 Å². The largest absolute Gasteiger partial charge is 0.350 e. The summed E-state index contributed by atoms with van der Waals surface area (Å²) < 4.78 is 13.4. The van der Waals surface area contributed by atoms with Gasteiger partial charge < -0.3 is 5.32 Å². The Hall–Kier alpha value is -3.15. The van der Waals surface area contributed by atoms with Gasteiger partial charge in [0, 0.05) is 15.7 Å². The number of hydrogen-bond donors (Lipinski definition) is 1. The summed E-state index contributed by atoms with van der Waals surface area (Å²) in [5.41, 5.74) is 2.56. The van der Waals surface area contributed by atoms with Crippen molar-refractivity contribution in [2.24, 2.45) is 0 Å². The Labute approximate surface area is 182 Å². The maximum Gasteiger partial charge on any atom is 0.282 e. The van der Waals surface area contributed by atoms with Gasteiger partial charge in [-0.15, -0.1) is 0 Å². The van der Waals surface area contributed by atoms with E-state index in [2.05, 4.69) is 5.32 Å². The maximum atomic E-state index is 13.4. The standard InChI is InChI=1S/C23H15Cl2FN2O2/c1-13-2-5-16(25)12-19(13)27-21-20(14-3-6-15(24)7-4-14)22(29)28(23(21)30)18-10-8-17(26)9-11-18/h2-12,27H,1H3. The molecule has 0 atom stereocenters. The Morgan fingerprint density at radius 1 is 0.833 bits per heavy atom. The van der Waals surface area contributed by atoms with Gasteiger partial charge in [-0.2, -0.15) is 0 Å². The summed E-state index contributed by atoms with van der Waals surface area (Å²) >= 11 is 12.1. The molecule has 0 aromatic heterocycles. The fraction of sp³-hybridized carbons (Fsp3) is 0.0435. The Morgan fingerprint density at radius 2 is 1.47 bits per heavy atom. The normalized spacial score (nSPS) is 13.9. The summed E-state index contributed by atoms with van der Waals surface area (Å²) in [6.45, 7) is 1.86. The van der Waals surface area contributed by atoms with Crippen LogP contribution in [0.4, 0.5) is 15.8 Å². The lowest BCUT2D eigenvalue weighted by Crippen LogP contribution is -2.32. The van der Waals surface area contributed by atoms with Crippen molar-refractivity contribution in [3.63, 3.8) is 0 Å². The molecule has 0 bridgehead atoms. The molecule has 3 aromatic rings. The van der Waals surface area contributed by atoms with Crippen molar-refractivity contribution in [2.75, 3.05) is 10.2 Å². The van der Waals surface area contributed by atoms with Crippen molar-refractivity contribution in [3.05, 3.63) is 99.4 Å². The summed E-state index contributed by atoms with van der Waals surface area (Å²) in [5.74, 6) is -1.52. The van der Waals surface area contributed by atoms with Crippen LogP contribution in [0.2, 0.25) is 10.0 Å². The summed E-state index contributed by atoms with van der Waals surface area (Å²) in [5, 5.41) is 4.08. The van der Waals surface area contributed by atoms with Crippen LogP contribution in [0.25, 0.3) is 5.57 Å². The van der Waals surface area contributed by atoms with E-state index >= 15 is 0 Å². The molecule has 1 aliphatic rings. The minimum atomic E-state index is -0.545. The molecule has 0 saturated heterocycles. The van der Waals surface area contributed by atoms with Gasteiger partial charge in [0.05, 0.1) is 11.3 Å². The molecule has 150 valence electrons. The smallest absolute Gasteiger partial charge is 0.282 e. The second-order valence-corrected chi connectivity index (χ2v) is 7.64. The number of nitrogens with one attached hydrogen (secondary N) is 1. The van der Waals surface area contributed by atoms with Gasteiger partial charge >= 0.3 is 0 Å². The minimum absolute atomic E-state index is 0.108. The van der Waals surface area contributed by atoms with E-state index in [4.69, 9.17) is 23.2 Å². The van der Waals surface area contributed by atoms with Crippen molar-refractivity contribution in [3.8, 4) is 0 Å². The average Bonchev–Trinajstić information content (AvgIpc) is 2.96. The molecule has 1 aliphatic heterocycles. The number of imide groups is 1. The molecule has 1 heterocycles. The van der Waals surface area contributed by atoms with Crippen LogP contribution >= 0.6 is 23.2 Å². The highest BCUT2D eigenvalue weighted by molar-refractivity contribution is 6.46. The summed E-state index contributed by atoms with van der Waals surface area (Å²) in [7, 11) is 0. The maximum absolute atomic E-state index is 13.4. The lowest BCUT2D eigenvalue weighted by atomic mass is 10.0. The van der Waals surface area contributed by atoms with Gasteiger partial charge in [0.2, 0.25) is 0 Å². The zero-order valence-corrected chi connectivity index (χ0v) is 17.3. The van der Waals surface area contributed by atoms with Crippen molar-refractivity contribution in [2.45, 2.75) is 6.92 Å². The van der Waals surface area contributed by atoms with Gasteiger partial charge in [-0.05, 0) is 66.6 Å². The van der Waals surface area contributed by atoms with Gasteiger partial charge in [0.1, 0.15) is 11.5 Å². The molecule has 4 nitrogen and oxygen atoms in total. The van der Waals surface area contributed by atoms with Gasteiger partial charge in [0.15, 0.2) is 0 Å². The Balaban J connectivity index is 1.84. The first kappa shape index (κ1) is 20.1. The molecule has 30 heavy (non-hydrogen) atoms. The number of halogens is 3. The Morgan fingerprint density at radius 3 is 2.13 bits per heavy atom. The van der Waals surface area contributed by atoms with Crippen LogP contribution in [0.5, 0.6) is 0 Å². The molecule has 7 heteroatoms. The van der Waals surface area contributed by atoms with Crippen molar-refractivity contribution in [1.82, 2.24) is 0 Å². The first-order chi connectivity index (χ1) is 14.3. The predicted octanol–water partition coefficient (Wildman–Crippen LogP) is 5.84. The van der Waals surface area contributed by atoms with Gasteiger partial charge in [-0.25, -0.2) is 9.29 Å². The number of anilines is 2. The molecule has 2 amide bonds. The highest BCUT2D eigenvalue weighted by Gasteiger charge is 2.40. The van der Waals surface area contributed by atoms with Gasteiger partial charge in [-0.3, -0.25) is 9.59 Å². The lowest BCUT2D eigenvalue weighted by Gasteiger charge is -2.15. The third-order valence-corrected chi connectivity index (χ3v) is 5.25. The number of carbonyl (C=O) groups excluding carboxylic acids is 2. The Bertz CT molecular complexity index is 1190. The van der Waals surface area contributed by atoms with Crippen molar-refractivity contribution in [1.29, 1.82) is 0 Å². The summed E-state index contributed by atoms with van der Waals surface area (Å²) in [6.07, 6.45) is 0. The SMILES string of the molecule is Cc1ccc(Cl)cc1NC1=C(c2ccc(Cl)cc2)C(=O)N(c2ccc(F)cc2)C1=O. The zero-order chi connectivity index (χ0) is 21.4. The number of carbonyl (C=O) groups is 2. The molecule has 0 unspecified atom stereocenters. The summed E-state index contributed by atoms with van der Waals surface area (Å²) in [4.78, 5) is 27.6. The third-order valence-electron chi connectivity index (χ3n) is 4.76. The third kappa shape index (κ3) is 3.70. The summed E-state index contributed by atoms with van der Waals surface area (Å²) in [6, 6.07) is 17.0. The second kappa shape index (κ2) is 7.94. The van der Waals surface area contributed by atoms with E-state index in [1.807, 2.05) is 13.0 Å². The first-order valence-electron chi connectivity index (χ1n) is 9.03. The minimum Gasteiger partial charge on any atom is -0.350 e. The molecule has 4 rings (SSSR count). The number of nitrogens with zero attached hydrogens (tertiary/aromatic N) is 1. The highest BCUT2D eigenvalue weighted by Crippen LogP contribution is 2.35. The van der Waals surface area contributed by atoms with Crippen molar-refractivity contribution < 1.29 is 14.0 Å². The van der Waals surface area contributed by atoms with E-state index in [1.165, 1.54) is 24.3 Å². The fourth-order valence-electron chi connectivity index (χ4n) is 3.22. The number of aryl methyl sites for hydroxylation is 1. The molecule has 0 radical (unpaired) electrons. The Kier molecular flexibility index (Phi) is 5.33. The van der Waals surface area contributed by atoms with Gasteiger partial charge in [-0.1, -0.05) is 41.4 Å². The predicted molar refractivity (Wildman–Crippen MR) is 117 cm³/mol. The number of rotatable bonds is 4. The van der Waals surface area contributed by atoms with Crippen molar-refractivity contribution >= 4 is 52.0 Å². The number of hydrogen-bond acceptors (Lipinski definition) is 3. The number of amides is 2. The number of benzene rings is 3. The van der Waals surface area contributed by atoms with E-state index in [-0.39, 0.29) is 17.0 Å². The van der Waals surface area contributed by atoms with Crippen LogP contribution in [-0.4, -0.2) is 11.8 Å². The molecule has 0 saturated carbocycles. The van der Waals surface area contributed by atoms with Crippen LogP contribution in [0.3, 0.4) is 0 Å². The molecular weight excluding hydrogens is 426 g/mol. The molecule has 1 N–H and O–H groups in total. The second-order valence-electron chi connectivity index (χ2n) is 6.76. The highest BCUT2D eigenvalue weighted by atomic mass is 35.5.